The fourth-order valence-corrected chi connectivity index (χ4v) is 2.78. The predicted octanol–water partition coefficient (Wildman–Crippen LogP) is 3.00. The number of ether oxygens (including phenoxy) is 3. The minimum Gasteiger partial charge on any atom is -0.491 e. The van der Waals surface area contributed by atoms with Crippen molar-refractivity contribution >= 4 is 11.6 Å². The van der Waals surface area contributed by atoms with E-state index in [9.17, 15) is 4.79 Å². The van der Waals surface area contributed by atoms with Crippen LogP contribution in [0.5, 0.6) is 5.75 Å². The molecule has 1 amide bonds. The van der Waals surface area contributed by atoms with E-state index in [0.717, 1.165) is 37.1 Å². The molecule has 1 N–H and O–H groups in total. The van der Waals surface area contributed by atoms with E-state index in [4.69, 9.17) is 14.2 Å². The van der Waals surface area contributed by atoms with Gasteiger partial charge in [-0.1, -0.05) is 0 Å². The summed E-state index contributed by atoms with van der Waals surface area (Å²) < 4.78 is 16.2. The zero-order chi connectivity index (χ0) is 15.8. The summed E-state index contributed by atoms with van der Waals surface area (Å²) in [6.45, 7) is 3.55. The van der Waals surface area contributed by atoms with E-state index in [-0.39, 0.29) is 5.91 Å². The number of nitrogens with one attached hydrogen (secondary N) is 1. The highest BCUT2D eigenvalue weighted by molar-refractivity contribution is 5.97. The summed E-state index contributed by atoms with van der Waals surface area (Å²) >= 11 is 0. The number of anilines is 1. The smallest absolute Gasteiger partial charge is 0.256 e. The Balaban J connectivity index is 1.93. The van der Waals surface area contributed by atoms with Gasteiger partial charge in [-0.2, -0.15) is 0 Å². The third-order valence-electron chi connectivity index (χ3n) is 3.91. The van der Waals surface area contributed by atoms with Crippen LogP contribution in [0.1, 0.15) is 32.6 Å². The number of hydrogen-bond donors (Lipinski definition) is 1. The Morgan fingerprint density at radius 3 is 2.45 bits per heavy atom. The monoisotopic (exact) mass is 307 g/mol. The van der Waals surface area contributed by atoms with Gasteiger partial charge < -0.3 is 19.5 Å². The second kappa shape index (κ2) is 8.15. The molecule has 0 bridgehead atoms. The summed E-state index contributed by atoms with van der Waals surface area (Å²) in [5, 5.41) is 2.96. The van der Waals surface area contributed by atoms with Crippen molar-refractivity contribution < 1.29 is 19.0 Å². The molecular formula is C17H25NO4. The topological polar surface area (TPSA) is 56.8 Å². The van der Waals surface area contributed by atoms with E-state index in [2.05, 4.69) is 5.32 Å². The van der Waals surface area contributed by atoms with Crippen LogP contribution in [-0.4, -0.2) is 38.4 Å². The molecule has 1 aliphatic rings. The molecule has 1 fully saturated rings. The molecular weight excluding hydrogens is 282 g/mol. The number of benzene rings is 1. The molecule has 0 spiro atoms. The van der Waals surface area contributed by atoms with Crippen molar-refractivity contribution in [1.82, 2.24) is 0 Å². The van der Waals surface area contributed by atoms with Crippen molar-refractivity contribution in [2.24, 2.45) is 0 Å². The molecule has 0 saturated heterocycles. The van der Waals surface area contributed by atoms with Gasteiger partial charge in [0, 0.05) is 19.4 Å². The Kier molecular flexibility index (Phi) is 6.21. The highest BCUT2D eigenvalue weighted by Gasteiger charge is 2.41. The lowest BCUT2D eigenvalue weighted by Crippen LogP contribution is -2.43. The normalized spacial score (nSPS) is 16.5. The maximum atomic E-state index is 12.5. The number of methoxy groups -OCH3 is 1. The fourth-order valence-electron chi connectivity index (χ4n) is 2.78. The molecule has 5 nitrogen and oxygen atoms in total. The van der Waals surface area contributed by atoms with E-state index < -0.39 is 5.60 Å². The van der Waals surface area contributed by atoms with Gasteiger partial charge in [0.15, 0.2) is 0 Å². The van der Waals surface area contributed by atoms with E-state index in [1.807, 2.05) is 31.2 Å². The first-order valence-corrected chi connectivity index (χ1v) is 7.87. The third kappa shape index (κ3) is 4.21. The zero-order valence-electron chi connectivity index (χ0n) is 13.4. The summed E-state index contributed by atoms with van der Waals surface area (Å²) in [7, 11) is 1.64. The van der Waals surface area contributed by atoms with Crippen molar-refractivity contribution in [3.63, 3.8) is 0 Å². The second-order valence-electron chi connectivity index (χ2n) is 5.45. The molecule has 1 saturated carbocycles. The van der Waals surface area contributed by atoms with Crippen LogP contribution in [0.25, 0.3) is 0 Å². The van der Waals surface area contributed by atoms with Crippen LogP contribution in [0, 0.1) is 0 Å². The van der Waals surface area contributed by atoms with Crippen LogP contribution >= 0.6 is 0 Å². The van der Waals surface area contributed by atoms with E-state index in [1.54, 1.807) is 7.11 Å². The highest BCUT2D eigenvalue weighted by Crippen LogP contribution is 2.34. The van der Waals surface area contributed by atoms with E-state index in [1.165, 1.54) is 0 Å². The molecule has 0 unspecified atom stereocenters. The quantitative estimate of drug-likeness (QED) is 0.750. The Labute approximate surface area is 131 Å². The maximum Gasteiger partial charge on any atom is 0.256 e. The Morgan fingerprint density at radius 1 is 1.18 bits per heavy atom. The van der Waals surface area contributed by atoms with Crippen LogP contribution in [-0.2, 0) is 14.3 Å². The summed E-state index contributed by atoms with van der Waals surface area (Å²) in [6.07, 6.45) is 3.68. The van der Waals surface area contributed by atoms with Crippen molar-refractivity contribution in [3.05, 3.63) is 24.3 Å². The number of amides is 1. The Bertz CT molecular complexity index is 466. The van der Waals surface area contributed by atoms with Gasteiger partial charge in [-0.05, 0) is 56.9 Å². The third-order valence-corrected chi connectivity index (χ3v) is 3.91. The van der Waals surface area contributed by atoms with E-state index >= 15 is 0 Å². The van der Waals surface area contributed by atoms with Crippen molar-refractivity contribution in [2.45, 2.75) is 38.2 Å². The van der Waals surface area contributed by atoms with Gasteiger partial charge in [0.25, 0.3) is 5.91 Å². The van der Waals surface area contributed by atoms with Gasteiger partial charge >= 0.3 is 0 Å². The fraction of sp³-hybridized carbons (Fsp3) is 0.588. The standard InChI is InChI=1S/C17H25NO4/c1-3-22-17(10-4-5-11-17)16(19)18-14-6-8-15(9-7-14)21-13-12-20-2/h6-9H,3-5,10-13H2,1-2H3,(H,18,19). The Morgan fingerprint density at radius 2 is 1.86 bits per heavy atom. The van der Waals surface area contributed by atoms with Gasteiger partial charge in [0.05, 0.1) is 6.61 Å². The largest absolute Gasteiger partial charge is 0.491 e. The summed E-state index contributed by atoms with van der Waals surface area (Å²) in [6, 6.07) is 7.36. The van der Waals surface area contributed by atoms with Gasteiger partial charge in [-0.15, -0.1) is 0 Å². The number of rotatable bonds is 8. The molecule has 0 aromatic heterocycles. The molecule has 2 rings (SSSR count). The summed E-state index contributed by atoms with van der Waals surface area (Å²) in [4.78, 5) is 12.5. The van der Waals surface area contributed by atoms with Gasteiger partial charge in [0.2, 0.25) is 0 Å². The second-order valence-corrected chi connectivity index (χ2v) is 5.45. The van der Waals surface area contributed by atoms with Gasteiger partial charge in [-0.25, -0.2) is 0 Å². The molecule has 1 aromatic carbocycles. The molecule has 122 valence electrons. The lowest BCUT2D eigenvalue weighted by atomic mass is 10.0. The minimum absolute atomic E-state index is 0.0418. The molecule has 0 atom stereocenters. The average Bonchev–Trinajstić information content (AvgIpc) is 3.00. The van der Waals surface area contributed by atoms with Crippen molar-refractivity contribution in [2.75, 3.05) is 32.2 Å². The summed E-state index contributed by atoms with van der Waals surface area (Å²) in [5.41, 5.74) is 0.109. The van der Waals surface area contributed by atoms with Crippen molar-refractivity contribution in [1.29, 1.82) is 0 Å². The van der Waals surface area contributed by atoms with Crippen LogP contribution < -0.4 is 10.1 Å². The molecule has 0 radical (unpaired) electrons. The first-order valence-electron chi connectivity index (χ1n) is 7.87. The van der Waals surface area contributed by atoms with Crippen LogP contribution in [0.3, 0.4) is 0 Å². The first kappa shape index (κ1) is 16.8. The van der Waals surface area contributed by atoms with Crippen LogP contribution in [0.15, 0.2) is 24.3 Å². The molecule has 1 aliphatic carbocycles. The molecule has 1 aromatic rings. The number of hydrogen-bond acceptors (Lipinski definition) is 4. The predicted molar refractivity (Wildman–Crippen MR) is 85.3 cm³/mol. The number of carbonyl (C=O) groups excluding carboxylic acids is 1. The SMILES string of the molecule is CCOC1(C(=O)Nc2ccc(OCCOC)cc2)CCCC1. The Hall–Kier alpha value is -1.59. The van der Waals surface area contributed by atoms with Crippen LogP contribution in [0.4, 0.5) is 5.69 Å². The number of carbonyl (C=O) groups is 1. The van der Waals surface area contributed by atoms with E-state index in [0.29, 0.717) is 19.8 Å². The lowest BCUT2D eigenvalue weighted by Gasteiger charge is -2.27. The minimum atomic E-state index is -0.650. The van der Waals surface area contributed by atoms with Gasteiger partial charge in [-0.3, -0.25) is 4.79 Å². The summed E-state index contributed by atoms with van der Waals surface area (Å²) in [5.74, 6) is 0.718. The molecule has 0 heterocycles. The maximum absolute atomic E-state index is 12.5. The first-order chi connectivity index (χ1) is 10.7. The molecule has 0 aliphatic heterocycles. The molecule has 22 heavy (non-hydrogen) atoms. The lowest BCUT2D eigenvalue weighted by molar-refractivity contribution is -0.140. The van der Waals surface area contributed by atoms with Gasteiger partial charge in [0.1, 0.15) is 18.0 Å². The molecule has 5 heteroatoms. The zero-order valence-corrected chi connectivity index (χ0v) is 13.4. The van der Waals surface area contributed by atoms with Crippen LogP contribution in [0.2, 0.25) is 0 Å². The highest BCUT2D eigenvalue weighted by atomic mass is 16.5. The van der Waals surface area contributed by atoms with Crippen molar-refractivity contribution in [3.8, 4) is 5.75 Å². The average molecular weight is 307 g/mol.